The van der Waals surface area contributed by atoms with E-state index < -0.39 is 0 Å². The monoisotopic (exact) mass is 159 g/mol. The van der Waals surface area contributed by atoms with E-state index in [-0.39, 0.29) is 0 Å². The van der Waals surface area contributed by atoms with Crippen LogP contribution in [0.4, 0.5) is 0 Å². The van der Waals surface area contributed by atoms with Crippen LogP contribution in [0.5, 0.6) is 0 Å². The zero-order valence-electron chi connectivity index (χ0n) is 6.67. The maximum Gasteiger partial charge on any atom is 0.145 e. The highest BCUT2D eigenvalue weighted by atomic mass is 14.9. The highest BCUT2D eigenvalue weighted by Gasteiger charge is 2.12. The first-order chi connectivity index (χ1) is 5.92. The van der Waals surface area contributed by atoms with Crippen LogP contribution in [0.15, 0.2) is 12.3 Å². The van der Waals surface area contributed by atoms with E-state index >= 15 is 0 Å². The number of fused-ring (bicyclic) bond motifs is 1. The Kier molecular flexibility index (Phi) is 1.77. The van der Waals surface area contributed by atoms with Crippen molar-refractivity contribution in [1.29, 1.82) is 5.26 Å². The van der Waals surface area contributed by atoms with Crippen molar-refractivity contribution in [3.63, 3.8) is 0 Å². The van der Waals surface area contributed by atoms with Crippen LogP contribution in [-0.4, -0.2) is 11.5 Å². The largest absolute Gasteiger partial charge is 0.312 e. The van der Waals surface area contributed by atoms with Crippen molar-refractivity contribution in [3.05, 3.63) is 29.1 Å². The Hall–Kier alpha value is -1.40. The molecule has 2 heterocycles. The quantitative estimate of drug-likeness (QED) is 0.603. The molecule has 1 aromatic heterocycles. The fraction of sp³-hybridized carbons (Fsp3) is 0.333. The van der Waals surface area contributed by atoms with Crippen LogP contribution in [0.3, 0.4) is 0 Å². The molecule has 1 aliphatic rings. The molecule has 1 aliphatic heterocycles. The Labute approximate surface area is 71.0 Å². The fourth-order valence-corrected chi connectivity index (χ4v) is 1.50. The van der Waals surface area contributed by atoms with Gasteiger partial charge in [-0.25, -0.2) is 4.98 Å². The van der Waals surface area contributed by atoms with Gasteiger partial charge in [0.25, 0.3) is 0 Å². The second-order valence-corrected chi connectivity index (χ2v) is 2.84. The summed E-state index contributed by atoms with van der Waals surface area (Å²) in [6, 6.07) is 4.10. The number of nitrogens with zero attached hydrogens (tertiary/aromatic N) is 2. The number of pyridine rings is 1. The summed E-state index contributed by atoms with van der Waals surface area (Å²) in [6.45, 7) is 1.79. The van der Waals surface area contributed by atoms with Gasteiger partial charge in [-0.3, -0.25) is 0 Å². The van der Waals surface area contributed by atoms with Crippen LogP contribution in [0.1, 0.15) is 16.8 Å². The van der Waals surface area contributed by atoms with E-state index in [1.165, 1.54) is 5.56 Å². The third-order valence-electron chi connectivity index (χ3n) is 2.13. The smallest absolute Gasteiger partial charge is 0.145 e. The van der Waals surface area contributed by atoms with E-state index in [0.29, 0.717) is 5.69 Å². The number of nitriles is 1. The summed E-state index contributed by atoms with van der Waals surface area (Å²) in [6.07, 6.45) is 2.72. The lowest BCUT2D eigenvalue weighted by Crippen LogP contribution is -2.24. The third-order valence-corrected chi connectivity index (χ3v) is 2.13. The minimum Gasteiger partial charge on any atom is -0.312 e. The lowest BCUT2D eigenvalue weighted by molar-refractivity contribution is 0.639. The van der Waals surface area contributed by atoms with E-state index in [0.717, 1.165) is 25.1 Å². The molecule has 1 N–H and O–H groups in total. The molecule has 0 unspecified atom stereocenters. The SMILES string of the molecule is N#Cc1nccc2c1CNCC2. The summed E-state index contributed by atoms with van der Waals surface area (Å²) in [5.74, 6) is 0. The molecule has 0 amide bonds. The van der Waals surface area contributed by atoms with Gasteiger partial charge in [0.05, 0.1) is 0 Å². The Morgan fingerprint density at radius 2 is 2.50 bits per heavy atom. The molecule has 0 fully saturated rings. The summed E-state index contributed by atoms with van der Waals surface area (Å²) in [5, 5.41) is 12.0. The molecule has 0 bridgehead atoms. The molecule has 0 aromatic carbocycles. The predicted octanol–water partition coefficient (Wildman–Crippen LogP) is 0.599. The van der Waals surface area contributed by atoms with Crippen molar-refractivity contribution in [3.8, 4) is 6.07 Å². The van der Waals surface area contributed by atoms with Gasteiger partial charge in [0, 0.05) is 18.3 Å². The fourth-order valence-electron chi connectivity index (χ4n) is 1.50. The van der Waals surface area contributed by atoms with Gasteiger partial charge in [0.1, 0.15) is 11.8 Å². The molecule has 12 heavy (non-hydrogen) atoms. The average Bonchev–Trinajstić information content (AvgIpc) is 2.17. The van der Waals surface area contributed by atoms with Crippen LogP contribution in [-0.2, 0) is 13.0 Å². The van der Waals surface area contributed by atoms with Gasteiger partial charge in [-0.05, 0) is 24.6 Å². The lowest BCUT2D eigenvalue weighted by Gasteiger charge is -2.16. The first-order valence-corrected chi connectivity index (χ1v) is 3.99. The molecule has 0 radical (unpaired) electrons. The number of aromatic nitrogens is 1. The second-order valence-electron chi connectivity index (χ2n) is 2.84. The van der Waals surface area contributed by atoms with Crippen LogP contribution in [0.25, 0.3) is 0 Å². The molecule has 3 nitrogen and oxygen atoms in total. The number of hydrogen-bond acceptors (Lipinski definition) is 3. The normalized spacial score (nSPS) is 14.9. The molecule has 0 aliphatic carbocycles. The highest BCUT2D eigenvalue weighted by Crippen LogP contribution is 2.15. The Morgan fingerprint density at radius 1 is 1.58 bits per heavy atom. The van der Waals surface area contributed by atoms with Crippen molar-refractivity contribution >= 4 is 0 Å². The summed E-state index contributed by atoms with van der Waals surface area (Å²) < 4.78 is 0. The molecule has 0 spiro atoms. The van der Waals surface area contributed by atoms with E-state index in [1.807, 2.05) is 6.07 Å². The molecular weight excluding hydrogens is 150 g/mol. The second kappa shape index (κ2) is 2.92. The molecule has 0 atom stereocenters. The van der Waals surface area contributed by atoms with Crippen molar-refractivity contribution in [2.75, 3.05) is 6.54 Å². The molecule has 0 saturated heterocycles. The van der Waals surface area contributed by atoms with E-state index in [9.17, 15) is 0 Å². The summed E-state index contributed by atoms with van der Waals surface area (Å²) in [7, 11) is 0. The van der Waals surface area contributed by atoms with Crippen molar-refractivity contribution in [2.45, 2.75) is 13.0 Å². The number of nitrogens with one attached hydrogen (secondary N) is 1. The summed E-state index contributed by atoms with van der Waals surface area (Å²) in [5.41, 5.74) is 2.91. The van der Waals surface area contributed by atoms with Crippen LogP contribution < -0.4 is 5.32 Å². The third kappa shape index (κ3) is 1.06. The molecule has 3 heteroatoms. The zero-order chi connectivity index (χ0) is 8.39. The maximum atomic E-state index is 8.75. The van der Waals surface area contributed by atoms with Gasteiger partial charge in [-0.2, -0.15) is 5.26 Å². The van der Waals surface area contributed by atoms with Crippen molar-refractivity contribution in [1.82, 2.24) is 10.3 Å². The first-order valence-electron chi connectivity index (χ1n) is 3.99. The predicted molar refractivity (Wildman–Crippen MR) is 44.4 cm³/mol. The molecule has 60 valence electrons. The minimum atomic E-state index is 0.569. The topological polar surface area (TPSA) is 48.7 Å². The highest BCUT2D eigenvalue weighted by molar-refractivity contribution is 5.38. The Morgan fingerprint density at radius 3 is 3.33 bits per heavy atom. The van der Waals surface area contributed by atoms with Gasteiger partial charge in [0.15, 0.2) is 0 Å². The Bertz CT molecular complexity index is 338. The van der Waals surface area contributed by atoms with Gasteiger partial charge >= 0.3 is 0 Å². The van der Waals surface area contributed by atoms with Gasteiger partial charge < -0.3 is 5.32 Å². The average molecular weight is 159 g/mol. The van der Waals surface area contributed by atoms with E-state index in [1.54, 1.807) is 6.20 Å². The van der Waals surface area contributed by atoms with Crippen molar-refractivity contribution < 1.29 is 0 Å². The molecule has 0 saturated carbocycles. The van der Waals surface area contributed by atoms with Crippen molar-refractivity contribution in [2.24, 2.45) is 0 Å². The van der Waals surface area contributed by atoms with Gasteiger partial charge in [-0.1, -0.05) is 0 Å². The zero-order valence-corrected chi connectivity index (χ0v) is 6.67. The number of hydrogen-bond donors (Lipinski definition) is 1. The lowest BCUT2D eigenvalue weighted by atomic mass is 10.0. The standard InChI is InChI=1S/C9H9N3/c10-5-9-8-6-11-3-1-7(8)2-4-12-9/h2,4,11H,1,3,6H2. The minimum absolute atomic E-state index is 0.569. The molecule has 1 aromatic rings. The first kappa shape index (κ1) is 7.26. The molecular formula is C9H9N3. The van der Waals surface area contributed by atoms with E-state index in [4.69, 9.17) is 5.26 Å². The maximum absolute atomic E-state index is 8.75. The summed E-state index contributed by atoms with van der Waals surface area (Å²) >= 11 is 0. The van der Waals surface area contributed by atoms with Crippen LogP contribution in [0.2, 0.25) is 0 Å². The molecule has 2 rings (SSSR count). The summed E-state index contributed by atoms with van der Waals surface area (Å²) in [4.78, 5) is 4.01. The van der Waals surface area contributed by atoms with Gasteiger partial charge in [-0.15, -0.1) is 0 Å². The number of rotatable bonds is 0. The van der Waals surface area contributed by atoms with Gasteiger partial charge in [0.2, 0.25) is 0 Å². The van der Waals surface area contributed by atoms with E-state index in [2.05, 4.69) is 16.4 Å². The Balaban J connectivity index is 2.53. The van der Waals surface area contributed by atoms with Crippen LogP contribution in [0, 0.1) is 11.3 Å². The van der Waals surface area contributed by atoms with Crippen LogP contribution >= 0.6 is 0 Å².